The molecule has 33 heavy (non-hydrogen) atoms. The standard InChI is InChI=1S/C27H19ClN2O3/c28-18-10-7-13-20(16-18)29-26(31)23-24(22-15-6-9-17-8-4-5-14-21(17)22)30(33-25(23)27(29)32)19-11-2-1-3-12-19/h1-16,23-25H/t23-,24+,25+/m0/s1. The summed E-state index contributed by atoms with van der Waals surface area (Å²) in [4.78, 5) is 34.6. The van der Waals surface area contributed by atoms with E-state index in [1.807, 2.05) is 72.8 Å². The topological polar surface area (TPSA) is 49.9 Å². The molecule has 0 radical (unpaired) electrons. The van der Waals surface area contributed by atoms with E-state index in [1.165, 1.54) is 4.90 Å². The third-order valence-electron chi connectivity index (χ3n) is 6.33. The predicted octanol–water partition coefficient (Wildman–Crippen LogP) is 5.54. The maximum atomic E-state index is 13.8. The number of hydrogen-bond acceptors (Lipinski definition) is 4. The van der Waals surface area contributed by atoms with Gasteiger partial charge in [-0.3, -0.25) is 14.4 Å². The van der Waals surface area contributed by atoms with Gasteiger partial charge in [0.2, 0.25) is 5.91 Å². The van der Waals surface area contributed by atoms with E-state index < -0.39 is 18.1 Å². The lowest BCUT2D eigenvalue weighted by Gasteiger charge is -2.29. The maximum absolute atomic E-state index is 13.8. The Morgan fingerprint density at radius 3 is 2.24 bits per heavy atom. The summed E-state index contributed by atoms with van der Waals surface area (Å²) in [6, 6.07) is 30.0. The molecule has 0 saturated carbocycles. The normalized spacial score (nSPS) is 22.3. The molecule has 2 aliphatic heterocycles. The molecule has 6 rings (SSSR count). The summed E-state index contributed by atoms with van der Waals surface area (Å²) in [5.74, 6) is -1.36. The lowest BCUT2D eigenvalue weighted by atomic mass is 9.87. The first-order chi connectivity index (χ1) is 16.1. The number of para-hydroxylation sites is 1. The Balaban J connectivity index is 1.51. The van der Waals surface area contributed by atoms with Gasteiger partial charge < -0.3 is 0 Å². The van der Waals surface area contributed by atoms with Crippen LogP contribution in [0.4, 0.5) is 11.4 Å². The molecule has 5 nitrogen and oxygen atoms in total. The van der Waals surface area contributed by atoms with Crippen molar-refractivity contribution < 1.29 is 14.4 Å². The third-order valence-corrected chi connectivity index (χ3v) is 6.57. The van der Waals surface area contributed by atoms with Gasteiger partial charge in [0.1, 0.15) is 5.92 Å². The number of carbonyl (C=O) groups excluding carboxylic acids is 2. The molecule has 0 aliphatic carbocycles. The van der Waals surface area contributed by atoms with Gasteiger partial charge >= 0.3 is 0 Å². The molecular weight excluding hydrogens is 436 g/mol. The van der Waals surface area contributed by atoms with Gasteiger partial charge in [-0.2, -0.15) is 0 Å². The Bertz CT molecular complexity index is 1390. The number of carbonyl (C=O) groups is 2. The van der Waals surface area contributed by atoms with Crippen molar-refractivity contribution >= 4 is 45.6 Å². The van der Waals surface area contributed by atoms with Crippen LogP contribution < -0.4 is 9.96 Å². The number of anilines is 2. The van der Waals surface area contributed by atoms with Gasteiger partial charge in [-0.15, -0.1) is 0 Å². The quantitative estimate of drug-likeness (QED) is 0.381. The van der Waals surface area contributed by atoms with Crippen molar-refractivity contribution in [3.05, 3.63) is 108 Å². The summed E-state index contributed by atoms with van der Waals surface area (Å²) in [5, 5.41) is 4.27. The lowest BCUT2D eigenvalue weighted by molar-refractivity contribution is -0.126. The van der Waals surface area contributed by atoms with Gasteiger partial charge in [-0.25, -0.2) is 9.96 Å². The Morgan fingerprint density at radius 2 is 1.42 bits per heavy atom. The van der Waals surface area contributed by atoms with Gasteiger partial charge in [0.15, 0.2) is 6.10 Å². The Morgan fingerprint density at radius 1 is 0.727 bits per heavy atom. The molecule has 0 spiro atoms. The van der Waals surface area contributed by atoms with Crippen molar-refractivity contribution in [3.8, 4) is 0 Å². The van der Waals surface area contributed by atoms with Crippen LogP contribution in [-0.4, -0.2) is 17.9 Å². The lowest BCUT2D eigenvalue weighted by Crippen LogP contribution is -2.37. The van der Waals surface area contributed by atoms with Crippen molar-refractivity contribution in [2.75, 3.05) is 9.96 Å². The molecule has 2 aliphatic rings. The molecule has 0 N–H and O–H groups in total. The van der Waals surface area contributed by atoms with Crippen molar-refractivity contribution in [3.63, 3.8) is 0 Å². The summed E-state index contributed by atoms with van der Waals surface area (Å²) >= 11 is 6.14. The third kappa shape index (κ3) is 3.12. The SMILES string of the molecule is O=C1[C@H]2[C@@H](c3cccc4ccccc34)N(c3ccccc3)O[C@H]2C(=O)N1c1cccc(Cl)c1. The van der Waals surface area contributed by atoms with E-state index in [1.54, 1.807) is 29.3 Å². The summed E-state index contributed by atoms with van der Waals surface area (Å²) in [6.45, 7) is 0. The molecule has 162 valence electrons. The van der Waals surface area contributed by atoms with Crippen LogP contribution in [0.2, 0.25) is 5.02 Å². The van der Waals surface area contributed by atoms with Crippen LogP contribution >= 0.6 is 11.6 Å². The first kappa shape index (κ1) is 20.0. The molecule has 2 fully saturated rings. The molecule has 6 heteroatoms. The number of halogens is 1. The number of rotatable bonds is 3. The number of benzene rings is 4. The van der Waals surface area contributed by atoms with Crippen molar-refractivity contribution in [2.24, 2.45) is 5.92 Å². The molecule has 2 saturated heterocycles. The van der Waals surface area contributed by atoms with Crippen LogP contribution in [0.1, 0.15) is 11.6 Å². The molecule has 0 unspecified atom stereocenters. The van der Waals surface area contributed by atoms with Crippen LogP contribution in [-0.2, 0) is 14.4 Å². The average Bonchev–Trinajstić information content (AvgIpc) is 3.35. The Hall–Kier alpha value is -3.67. The second-order valence-corrected chi connectivity index (χ2v) is 8.65. The highest BCUT2D eigenvalue weighted by atomic mass is 35.5. The molecule has 2 heterocycles. The highest BCUT2D eigenvalue weighted by Gasteiger charge is 2.60. The van der Waals surface area contributed by atoms with E-state index >= 15 is 0 Å². The average molecular weight is 455 g/mol. The van der Waals surface area contributed by atoms with Crippen LogP contribution in [0.5, 0.6) is 0 Å². The van der Waals surface area contributed by atoms with E-state index in [2.05, 4.69) is 0 Å². The highest BCUT2D eigenvalue weighted by molar-refractivity contribution is 6.31. The molecule has 4 aromatic carbocycles. The summed E-state index contributed by atoms with van der Waals surface area (Å²) in [5.41, 5.74) is 2.19. The Labute approximate surface area is 195 Å². The van der Waals surface area contributed by atoms with E-state index in [-0.39, 0.29) is 11.8 Å². The van der Waals surface area contributed by atoms with Crippen molar-refractivity contribution in [2.45, 2.75) is 12.1 Å². The number of hydroxylamine groups is 1. The minimum Gasteiger partial charge on any atom is -0.273 e. The fraction of sp³-hybridized carbons (Fsp3) is 0.111. The Kier molecular flexibility index (Phi) is 4.68. The molecular formula is C27H19ClN2O3. The van der Waals surface area contributed by atoms with Gasteiger partial charge in [-0.1, -0.05) is 78.3 Å². The van der Waals surface area contributed by atoms with Crippen LogP contribution in [0.3, 0.4) is 0 Å². The molecule has 0 bridgehead atoms. The smallest absolute Gasteiger partial charge is 0.266 e. The first-order valence-electron chi connectivity index (χ1n) is 10.8. The van der Waals surface area contributed by atoms with Crippen LogP contribution in [0, 0.1) is 5.92 Å². The second-order valence-electron chi connectivity index (χ2n) is 8.22. The summed E-state index contributed by atoms with van der Waals surface area (Å²) in [6.07, 6.45) is -0.916. The van der Waals surface area contributed by atoms with Crippen LogP contribution in [0.15, 0.2) is 97.1 Å². The summed E-state index contributed by atoms with van der Waals surface area (Å²) in [7, 11) is 0. The van der Waals surface area contributed by atoms with Crippen LogP contribution in [0.25, 0.3) is 10.8 Å². The molecule has 2 amide bonds. The van der Waals surface area contributed by atoms with Gasteiger partial charge in [0.25, 0.3) is 5.91 Å². The maximum Gasteiger partial charge on any atom is 0.266 e. The fourth-order valence-corrected chi connectivity index (χ4v) is 5.09. The van der Waals surface area contributed by atoms with Crippen molar-refractivity contribution in [1.29, 1.82) is 0 Å². The summed E-state index contributed by atoms with van der Waals surface area (Å²) < 4.78 is 0. The number of imide groups is 1. The van der Waals surface area contributed by atoms with E-state index in [0.29, 0.717) is 10.7 Å². The van der Waals surface area contributed by atoms with E-state index in [9.17, 15) is 9.59 Å². The first-order valence-corrected chi connectivity index (χ1v) is 11.1. The van der Waals surface area contributed by atoms with E-state index in [0.717, 1.165) is 22.0 Å². The van der Waals surface area contributed by atoms with Gasteiger partial charge in [0, 0.05) is 5.02 Å². The molecule has 3 atom stereocenters. The highest BCUT2D eigenvalue weighted by Crippen LogP contribution is 2.49. The zero-order chi connectivity index (χ0) is 22.5. The number of hydrogen-bond donors (Lipinski definition) is 0. The van der Waals surface area contributed by atoms with E-state index in [4.69, 9.17) is 16.4 Å². The zero-order valence-corrected chi connectivity index (χ0v) is 18.2. The minimum absolute atomic E-state index is 0.288. The van der Waals surface area contributed by atoms with Gasteiger partial charge in [0.05, 0.1) is 17.4 Å². The zero-order valence-electron chi connectivity index (χ0n) is 17.5. The second kappa shape index (κ2) is 7.73. The monoisotopic (exact) mass is 454 g/mol. The van der Waals surface area contributed by atoms with Gasteiger partial charge in [-0.05, 0) is 46.7 Å². The minimum atomic E-state index is -0.916. The number of fused-ring (bicyclic) bond motifs is 2. The molecule has 0 aromatic heterocycles. The van der Waals surface area contributed by atoms with Crippen molar-refractivity contribution in [1.82, 2.24) is 0 Å². The molecule has 4 aromatic rings. The predicted molar refractivity (Wildman–Crippen MR) is 128 cm³/mol. The number of amides is 2. The fourth-order valence-electron chi connectivity index (χ4n) is 4.91. The largest absolute Gasteiger partial charge is 0.273 e. The number of nitrogens with zero attached hydrogens (tertiary/aromatic N) is 2.